The van der Waals surface area contributed by atoms with Gasteiger partial charge in [-0.25, -0.2) is 9.38 Å². The van der Waals surface area contributed by atoms with Crippen molar-refractivity contribution in [1.29, 1.82) is 0 Å². The minimum absolute atomic E-state index is 0. The molecular weight excluding hydrogens is 407 g/mol. The first-order valence-corrected chi connectivity index (χ1v) is 9.94. The third-order valence-electron chi connectivity index (χ3n) is 5.46. The molecule has 0 saturated carbocycles. The zero-order chi connectivity index (χ0) is 20.3. The number of piperidine rings is 1. The van der Waals surface area contributed by atoms with Gasteiger partial charge in [0, 0.05) is 38.0 Å². The maximum absolute atomic E-state index is 14.0. The van der Waals surface area contributed by atoms with Gasteiger partial charge in [-0.1, -0.05) is 24.3 Å². The maximum Gasteiger partial charge on any atom is 0.222 e. The van der Waals surface area contributed by atoms with Crippen LogP contribution in [-0.4, -0.2) is 42.0 Å². The number of carbonyl (C=O) groups is 1. The number of benzene rings is 2. The Labute approximate surface area is 181 Å². The highest BCUT2D eigenvalue weighted by molar-refractivity contribution is 6.04. The van der Waals surface area contributed by atoms with E-state index in [-0.39, 0.29) is 30.0 Å². The van der Waals surface area contributed by atoms with Crippen LogP contribution in [0, 0.1) is 5.82 Å². The number of likely N-dealkylation sites (tertiary alicyclic amines) is 1. The number of fused-ring (bicyclic) bond motifs is 1. The van der Waals surface area contributed by atoms with Crippen molar-refractivity contribution >= 4 is 29.8 Å². The molecule has 2 heterocycles. The number of para-hydroxylation sites is 1. The van der Waals surface area contributed by atoms with Crippen LogP contribution in [0.3, 0.4) is 0 Å². The molecule has 0 radical (unpaired) electrons. The molecule has 1 saturated heterocycles. The fourth-order valence-corrected chi connectivity index (χ4v) is 3.90. The Morgan fingerprint density at radius 3 is 2.63 bits per heavy atom. The summed E-state index contributed by atoms with van der Waals surface area (Å²) in [5.74, 6) is 0.775. The highest BCUT2D eigenvalue weighted by Crippen LogP contribution is 2.35. The molecule has 2 aromatic carbocycles. The summed E-state index contributed by atoms with van der Waals surface area (Å²) in [5, 5.41) is 3.35. The second-order valence-electron chi connectivity index (χ2n) is 7.46. The molecule has 1 spiro atoms. The Morgan fingerprint density at radius 2 is 1.90 bits per heavy atom. The summed E-state index contributed by atoms with van der Waals surface area (Å²) in [7, 11) is 0. The molecule has 30 heavy (non-hydrogen) atoms. The summed E-state index contributed by atoms with van der Waals surface area (Å²) in [6.45, 7) is 1.69. The zero-order valence-corrected chi connectivity index (χ0v) is 17.5. The smallest absolute Gasteiger partial charge is 0.222 e. The van der Waals surface area contributed by atoms with Gasteiger partial charge in [0.2, 0.25) is 5.91 Å². The van der Waals surface area contributed by atoms with Crippen molar-refractivity contribution < 1.29 is 13.9 Å². The van der Waals surface area contributed by atoms with Crippen LogP contribution in [0.4, 0.5) is 10.1 Å². The number of nitrogens with two attached hydrogens (primary N) is 1. The maximum atomic E-state index is 14.0. The van der Waals surface area contributed by atoms with E-state index in [0.717, 1.165) is 5.75 Å². The molecule has 0 aromatic heterocycles. The average molecular weight is 433 g/mol. The second kappa shape index (κ2) is 9.34. The number of ether oxygens (including phenoxy) is 1. The van der Waals surface area contributed by atoms with Crippen molar-refractivity contribution in [1.82, 2.24) is 4.90 Å². The van der Waals surface area contributed by atoms with Gasteiger partial charge >= 0.3 is 0 Å². The predicted octanol–water partition coefficient (Wildman–Crippen LogP) is 3.56. The van der Waals surface area contributed by atoms with Gasteiger partial charge in [0.25, 0.3) is 0 Å². The van der Waals surface area contributed by atoms with Gasteiger partial charge in [0.1, 0.15) is 23.1 Å². The molecule has 8 heteroatoms. The predicted molar refractivity (Wildman–Crippen MR) is 118 cm³/mol. The van der Waals surface area contributed by atoms with Crippen LogP contribution in [0.25, 0.3) is 0 Å². The van der Waals surface area contributed by atoms with Crippen molar-refractivity contribution in [3.05, 3.63) is 59.9 Å². The highest BCUT2D eigenvalue weighted by Gasteiger charge is 2.39. The number of anilines is 1. The standard InChI is InChI=1S/C22H25FN4O2.ClH/c23-17-8-4-9-18-20(17)21(24)26-22(25-18)11-13-27(14-12-22)19(28)10-5-15-29-16-6-2-1-3-7-16;/h1-4,6-9,25H,5,10-15H2,(H2,24,26);1H. The third kappa shape index (κ3) is 4.67. The fourth-order valence-electron chi connectivity index (χ4n) is 3.90. The van der Waals surface area contributed by atoms with Gasteiger partial charge in [-0.2, -0.15) is 0 Å². The van der Waals surface area contributed by atoms with Crippen LogP contribution < -0.4 is 15.8 Å². The van der Waals surface area contributed by atoms with Crippen molar-refractivity contribution in [2.24, 2.45) is 10.7 Å². The van der Waals surface area contributed by atoms with Crippen LogP contribution in [-0.2, 0) is 4.79 Å². The van der Waals surface area contributed by atoms with Gasteiger partial charge in [0.15, 0.2) is 0 Å². The number of nitrogens with one attached hydrogen (secondary N) is 1. The molecule has 4 rings (SSSR count). The number of carbonyl (C=O) groups excluding carboxylic acids is 1. The Hall–Kier alpha value is -2.80. The number of halogens is 2. The number of nitrogens with zero attached hydrogens (tertiary/aromatic N) is 2. The first kappa shape index (κ1) is 21.9. The molecular formula is C22H26ClFN4O2. The summed E-state index contributed by atoms with van der Waals surface area (Å²) in [5.41, 5.74) is 6.47. The van der Waals surface area contributed by atoms with Gasteiger partial charge in [0.05, 0.1) is 12.2 Å². The van der Waals surface area contributed by atoms with E-state index in [0.29, 0.717) is 56.6 Å². The molecule has 2 aliphatic heterocycles. The van der Waals surface area contributed by atoms with Gasteiger partial charge in [-0.05, 0) is 30.7 Å². The molecule has 160 valence electrons. The lowest BCUT2D eigenvalue weighted by Crippen LogP contribution is -2.52. The second-order valence-corrected chi connectivity index (χ2v) is 7.46. The number of hydrogen-bond donors (Lipinski definition) is 2. The summed E-state index contributed by atoms with van der Waals surface area (Å²) >= 11 is 0. The van der Waals surface area contributed by atoms with Crippen LogP contribution in [0.1, 0.15) is 31.2 Å². The highest BCUT2D eigenvalue weighted by atomic mass is 35.5. The Balaban J connectivity index is 0.00000256. The van der Waals surface area contributed by atoms with E-state index in [2.05, 4.69) is 10.3 Å². The van der Waals surface area contributed by atoms with Gasteiger partial charge in [-0.3, -0.25) is 4.79 Å². The van der Waals surface area contributed by atoms with E-state index in [9.17, 15) is 9.18 Å². The normalized spacial score (nSPS) is 16.7. The SMILES string of the molecule is Cl.NC1=NC2(CCN(C(=O)CCCOc3ccccc3)CC2)Nc2cccc(F)c21. The fraction of sp³-hybridized carbons (Fsp3) is 0.364. The quantitative estimate of drug-likeness (QED) is 0.708. The Kier molecular flexibility index (Phi) is 6.82. The van der Waals surface area contributed by atoms with Gasteiger partial charge in [-0.15, -0.1) is 12.4 Å². The van der Waals surface area contributed by atoms with E-state index in [1.165, 1.54) is 6.07 Å². The number of aliphatic imine (C=N–C) groups is 1. The molecule has 6 nitrogen and oxygen atoms in total. The number of rotatable bonds is 5. The summed E-state index contributed by atoms with van der Waals surface area (Å²) in [6, 6.07) is 14.4. The lowest BCUT2D eigenvalue weighted by Gasteiger charge is -2.42. The van der Waals surface area contributed by atoms with E-state index in [1.807, 2.05) is 41.3 Å². The van der Waals surface area contributed by atoms with E-state index in [4.69, 9.17) is 10.5 Å². The molecule has 2 aromatic rings. The molecule has 0 bridgehead atoms. The third-order valence-corrected chi connectivity index (χ3v) is 5.46. The molecule has 0 aliphatic carbocycles. The van der Waals surface area contributed by atoms with Crippen LogP contribution in [0.15, 0.2) is 53.5 Å². The molecule has 0 unspecified atom stereocenters. The number of hydrogen-bond acceptors (Lipinski definition) is 5. The van der Waals surface area contributed by atoms with Crippen LogP contribution in [0.2, 0.25) is 0 Å². The molecule has 1 fully saturated rings. The largest absolute Gasteiger partial charge is 0.494 e. The minimum atomic E-state index is -0.571. The van der Waals surface area contributed by atoms with Crippen LogP contribution in [0.5, 0.6) is 5.75 Å². The van der Waals surface area contributed by atoms with Crippen LogP contribution >= 0.6 is 12.4 Å². The Bertz CT molecular complexity index is 915. The first-order valence-electron chi connectivity index (χ1n) is 9.94. The monoisotopic (exact) mass is 432 g/mol. The van der Waals surface area contributed by atoms with E-state index >= 15 is 0 Å². The lowest BCUT2D eigenvalue weighted by atomic mass is 9.93. The zero-order valence-electron chi connectivity index (χ0n) is 16.6. The topological polar surface area (TPSA) is 80.0 Å². The summed E-state index contributed by atoms with van der Waals surface area (Å²) < 4.78 is 19.7. The average Bonchev–Trinajstić information content (AvgIpc) is 2.72. The number of amidine groups is 1. The van der Waals surface area contributed by atoms with Crippen molar-refractivity contribution in [2.75, 3.05) is 25.0 Å². The summed E-state index contributed by atoms with van der Waals surface area (Å²) in [4.78, 5) is 19.0. The Morgan fingerprint density at radius 1 is 1.17 bits per heavy atom. The van der Waals surface area contributed by atoms with Crippen molar-refractivity contribution in [2.45, 2.75) is 31.3 Å². The number of amides is 1. The van der Waals surface area contributed by atoms with Crippen molar-refractivity contribution in [3.8, 4) is 5.75 Å². The molecule has 1 amide bonds. The minimum Gasteiger partial charge on any atom is -0.494 e. The lowest BCUT2D eigenvalue weighted by molar-refractivity contribution is -0.132. The van der Waals surface area contributed by atoms with E-state index < -0.39 is 5.66 Å². The molecule has 3 N–H and O–H groups in total. The van der Waals surface area contributed by atoms with Crippen molar-refractivity contribution in [3.63, 3.8) is 0 Å². The molecule has 0 atom stereocenters. The molecule has 2 aliphatic rings. The van der Waals surface area contributed by atoms with Gasteiger partial charge < -0.3 is 20.7 Å². The summed E-state index contributed by atoms with van der Waals surface area (Å²) in [6.07, 6.45) is 2.39. The van der Waals surface area contributed by atoms with E-state index in [1.54, 1.807) is 6.07 Å². The first-order chi connectivity index (χ1) is 14.1.